The van der Waals surface area contributed by atoms with E-state index >= 15 is 0 Å². The Bertz CT molecular complexity index is 622. The fourth-order valence-electron chi connectivity index (χ4n) is 3.36. The molecule has 2 amide bonds. The highest BCUT2D eigenvalue weighted by molar-refractivity contribution is 5.95. The van der Waals surface area contributed by atoms with Crippen LogP contribution in [0.25, 0.3) is 0 Å². The van der Waals surface area contributed by atoms with Gasteiger partial charge in [0.25, 0.3) is 11.8 Å². The van der Waals surface area contributed by atoms with Crippen LogP contribution in [-0.4, -0.2) is 60.5 Å². The molecule has 3 rings (SSSR count). The lowest BCUT2D eigenvalue weighted by molar-refractivity contribution is -0.166. The van der Waals surface area contributed by atoms with Crippen LogP contribution >= 0.6 is 0 Å². The number of nitrogens with zero attached hydrogens (tertiary/aromatic N) is 2. The summed E-state index contributed by atoms with van der Waals surface area (Å²) >= 11 is 0. The number of hydrogen-bond acceptors (Lipinski definition) is 3. The number of halogens is 1. The lowest BCUT2D eigenvalue weighted by Crippen LogP contribution is -2.60. The summed E-state index contributed by atoms with van der Waals surface area (Å²) in [4.78, 5) is 28.6. The molecule has 0 radical (unpaired) electrons. The highest BCUT2D eigenvalue weighted by atomic mass is 19.1. The molecule has 1 atom stereocenters. The minimum absolute atomic E-state index is 0.0632. The highest BCUT2D eigenvalue weighted by Gasteiger charge is 2.47. The Labute approximate surface area is 135 Å². The van der Waals surface area contributed by atoms with Crippen molar-refractivity contribution in [2.45, 2.75) is 24.9 Å². The molecule has 0 aromatic heterocycles. The number of rotatable bonds is 1. The van der Waals surface area contributed by atoms with E-state index in [1.165, 1.54) is 18.2 Å². The molecular formula is C17H21FN2O3. The van der Waals surface area contributed by atoms with Crippen molar-refractivity contribution < 1.29 is 18.7 Å². The van der Waals surface area contributed by atoms with Crippen LogP contribution in [0.2, 0.25) is 0 Å². The topological polar surface area (TPSA) is 49.9 Å². The summed E-state index contributed by atoms with van der Waals surface area (Å²) < 4.78 is 19.2. The van der Waals surface area contributed by atoms with Gasteiger partial charge in [0.2, 0.25) is 0 Å². The van der Waals surface area contributed by atoms with Gasteiger partial charge in [-0.3, -0.25) is 9.59 Å². The number of morpholine rings is 1. The van der Waals surface area contributed by atoms with Gasteiger partial charge in [-0.25, -0.2) is 4.39 Å². The van der Waals surface area contributed by atoms with Gasteiger partial charge >= 0.3 is 0 Å². The normalized spacial score (nSPS) is 25.6. The molecule has 0 saturated carbocycles. The third kappa shape index (κ3) is 3.08. The van der Waals surface area contributed by atoms with Gasteiger partial charge in [0.05, 0.1) is 13.2 Å². The molecule has 0 aliphatic carbocycles. The Morgan fingerprint density at radius 2 is 2.13 bits per heavy atom. The van der Waals surface area contributed by atoms with Gasteiger partial charge in [-0.2, -0.15) is 0 Å². The van der Waals surface area contributed by atoms with E-state index in [1.807, 2.05) is 0 Å². The van der Waals surface area contributed by atoms with E-state index in [0.29, 0.717) is 31.7 Å². The molecule has 6 heteroatoms. The number of ether oxygens (including phenoxy) is 1. The highest BCUT2D eigenvalue weighted by Crippen LogP contribution is 2.30. The molecule has 2 heterocycles. The monoisotopic (exact) mass is 320 g/mol. The molecule has 1 spiro atoms. The van der Waals surface area contributed by atoms with Crippen molar-refractivity contribution in [1.29, 1.82) is 0 Å². The van der Waals surface area contributed by atoms with Crippen LogP contribution in [0.5, 0.6) is 0 Å². The zero-order chi connectivity index (χ0) is 16.4. The molecule has 1 unspecified atom stereocenters. The van der Waals surface area contributed by atoms with Crippen LogP contribution < -0.4 is 0 Å². The van der Waals surface area contributed by atoms with Crippen LogP contribution in [0.3, 0.4) is 0 Å². The summed E-state index contributed by atoms with van der Waals surface area (Å²) in [6.45, 7) is 1.67. The molecule has 2 aliphatic heterocycles. The van der Waals surface area contributed by atoms with Gasteiger partial charge in [-0.05, 0) is 37.5 Å². The fourth-order valence-corrected chi connectivity index (χ4v) is 3.36. The SMILES string of the molecule is CN1CCCCC2(CN(C(=O)c3cccc(F)c3)CCO2)C1=O. The number of carbonyl (C=O) groups is 2. The molecule has 2 saturated heterocycles. The summed E-state index contributed by atoms with van der Waals surface area (Å²) in [7, 11) is 1.77. The average molecular weight is 320 g/mol. The molecule has 2 fully saturated rings. The van der Waals surface area contributed by atoms with Gasteiger partial charge < -0.3 is 14.5 Å². The number of carbonyl (C=O) groups excluding carboxylic acids is 2. The summed E-state index contributed by atoms with van der Waals surface area (Å²) in [5.74, 6) is -0.761. The minimum Gasteiger partial charge on any atom is -0.361 e. The maximum atomic E-state index is 13.4. The lowest BCUT2D eigenvalue weighted by Gasteiger charge is -2.42. The number of likely N-dealkylation sites (tertiary alicyclic amines) is 1. The van der Waals surface area contributed by atoms with E-state index in [4.69, 9.17) is 4.74 Å². The average Bonchev–Trinajstić information content (AvgIpc) is 2.69. The number of hydrogen-bond donors (Lipinski definition) is 0. The second kappa shape index (κ2) is 6.28. The number of benzene rings is 1. The Morgan fingerprint density at radius 1 is 1.30 bits per heavy atom. The second-order valence-electron chi connectivity index (χ2n) is 6.26. The van der Waals surface area contributed by atoms with Crippen LogP contribution in [-0.2, 0) is 9.53 Å². The molecular weight excluding hydrogens is 299 g/mol. The van der Waals surface area contributed by atoms with E-state index in [-0.39, 0.29) is 18.4 Å². The molecule has 1 aromatic rings. The quantitative estimate of drug-likeness (QED) is 0.791. The third-order valence-electron chi connectivity index (χ3n) is 4.61. The molecule has 2 aliphatic rings. The number of amides is 2. The summed E-state index contributed by atoms with van der Waals surface area (Å²) in [5.41, 5.74) is -0.650. The Morgan fingerprint density at radius 3 is 2.91 bits per heavy atom. The van der Waals surface area contributed by atoms with Crippen LogP contribution in [0.4, 0.5) is 4.39 Å². The largest absolute Gasteiger partial charge is 0.361 e. The minimum atomic E-state index is -0.952. The molecule has 0 bridgehead atoms. The predicted octanol–water partition coefficient (Wildman–Crippen LogP) is 1.68. The van der Waals surface area contributed by atoms with Crippen molar-refractivity contribution in [2.24, 2.45) is 0 Å². The van der Waals surface area contributed by atoms with Gasteiger partial charge in [0, 0.05) is 25.7 Å². The first-order valence-electron chi connectivity index (χ1n) is 7.96. The zero-order valence-corrected chi connectivity index (χ0v) is 13.3. The Hall–Kier alpha value is -1.95. The van der Waals surface area contributed by atoms with E-state index in [2.05, 4.69) is 0 Å². The van der Waals surface area contributed by atoms with Gasteiger partial charge in [-0.1, -0.05) is 6.07 Å². The van der Waals surface area contributed by atoms with E-state index in [0.717, 1.165) is 12.8 Å². The van der Waals surface area contributed by atoms with Gasteiger partial charge in [0.1, 0.15) is 5.82 Å². The first-order valence-corrected chi connectivity index (χ1v) is 7.96. The maximum Gasteiger partial charge on any atom is 0.256 e. The van der Waals surface area contributed by atoms with Crippen LogP contribution in [0, 0.1) is 5.82 Å². The number of likely N-dealkylation sites (N-methyl/N-ethyl adjacent to an activating group) is 1. The summed E-state index contributed by atoms with van der Waals surface area (Å²) in [5, 5.41) is 0. The maximum absolute atomic E-state index is 13.4. The van der Waals surface area contributed by atoms with E-state index < -0.39 is 11.4 Å². The zero-order valence-electron chi connectivity index (χ0n) is 13.3. The molecule has 0 N–H and O–H groups in total. The second-order valence-corrected chi connectivity index (χ2v) is 6.26. The predicted molar refractivity (Wildman–Crippen MR) is 82.5 cm³/mol. The summed E-state index contributed by atoms with van der Waals surface area (Å²) in [6.07, 6.45) is 2.44. The van der Waals surface area contributed by atoms with Crippen LogP contribution in [0.1, 0.15) is 29.6 Å². The smallest absolute Gasteiger partial charge is 0.256 e. The Balaban J connectivity index is 1.82. The standard InChI is InChI=1S/C17H21FN2O3/c1-19-8-3-2-7-17(16(19)22)12-20(9-10-23-17)15(21)13-5-4-6-14(18)11-13/h4-6,11H,2-3,7-10,12H2,1H3. The molecule has 23 heavy (non-hydrogen) atoms. The molecule has 5 nitrogen and oxygen atoms in total. The Kier molecular flexibility index (Phi) is 4.35. The van der Waals surface area contributed by atoms with Crippen molar-refractivity contribution in [3.05, 3.63) is 35.6 Å². The fraction of sp³-hybridized carbons (Fsp3) is 0.529. The van der Waals surface area contributed by atoms with E-state index in [9.17, 15) is 14.0 Å². The van der Waals surface area contributed by atoms with Crippen molar-refractivity contribution in [2.75, 3.05) is 33.3 Å². The van der Waals surface area contributed by atoms with Gasteiger partial charge in [0.15, 0.2) is 5.60 Å². The van der Waals surface area contributed by atoms with Gasteiger partial charge in [-0.15, -0.1) is 0 Å². The lowest BCUT2D eigenvalue weighted by atomic mass is 9.94. The van der Waals surface area contributed by atoms with Crippen molar-refractivity contribution in [3.8, 4) is 0 Å². The van der Waals surface area contributed by atoms with Crippen molar-refractivity contribution in [1.82, 2.24) is 9.80 Å². The van der Waals surface area contributed by atoms with Crippen molar-refractivity contribution in [3.63, 3.8) is 0 Å². The van der Waals surface area contributed by atoms with Crippen molar-refractivity contribution >= 4 is 11.8 Å². The molecule has 1 aromatic carbocycles. The first-order chi connectivity index (χ1) is 11.0. The van der Waals surface area contributed by atoms with E-state index in [1.54, 1.807) is 22.9 Å². The first kappa shape index (κ1) is 15.9. The summed E-state index contributed by atoms with van der Waals surface area (Å²) in [6, 6.07) is 5.64. The van der Waals surface area contributed by atoms with Crippen LogP contribution in [0.15, 0.2) is 24.3 Å². The molecule has 124 valence electrons. The third-order valence-corrected chi connectivity index (χ3v) is 4.61.